The van der Waals surface area contributed by atoms with E-state index in [9.17, 15) is 23.1 Å². The first-order valence-electron chi connectivity index (χ1n) is 6.44. The third-order valence-corrected chi connectivity index (χ3v) is 5.54. The SMILES string of the molecule is CC1=C(C(=O)O)N2C(=O)/C(=C/c3ccccn3)C2S(=O)(=O)C1. The predicted octanol–water partition coefficient (Wildman–Crippen LogP) is 0.420. The topological polar surface area (TPSA) is 105 Å². The van der Waals surface area contributed by atoms with Crippen molar-refractivity contribution in [2.45, 2.75) is 12.3 Å². The van der Waals surface area contributed by atoms with Gasteiger partial charge in [0.05, 0.1) is 17.0 Å². The summed E-state index contributed by atoms with van der Waals surface area (Å²) in [6.45, 7) is 1.41. The summed E-state index contributed by atoms with van der Waals surface area (Å²) >= 11 is 0. The number of rotatable bonds is 2. The summed E-state index contributed by atoms with van der Waals surface area (Å²) < 4.78 is 24.6. The van der Waals surface area contributed by atoms with Crippen molar-refractivity contribution in [1.29, 1.82) is 0 Å². The lowest BCUT2D eigenvalue weighted by molar-refractivity contribution is -0.141. The lowest BCUT2D eigenvalue weighted by atomic mass is 10.0. The molecule has 3 rings (SSSR count). The molecule has 2 aliphatic rings. The molecule has 22 heavy (non-hydrogen) atoms. The standard InChI is InChI=1S/C14H12N2O5S/c1-8-7-22(20,21)13-10(6-9-4-2-3-5-15-9)12(17)16(13)11(8)14(18)19/h2-6,13H,7H2,1H3,(H,18,19)/b10-6-. The number of pyridine rings is 1. The highest BCUT2D eigenvalue weighted by Gasteiger charge is 2.55. The van der Waals surface area contributed by atoms with Gasteiger partial charge in [-0.2, -0.15) is 0 Å². The minimum absolute atomic E-state index is 0.0463. The molecule has 1 aromatic rings. The summed E-state index contributed by atoms with van der Waals surface area (Å²) in [5.74, 6) is -2.29. The summed E-state index contributed by atoms with van der Waals surface area (Å²) in [7, 11) is -3.65. The van der Waals surface area contributed by atoms with Gasteiger partial charge >= 0.3 is 5.97 Å². The second kappa shape index (κ2) is 4.77. The average Bonchev–Trinajstić information content (AvgIpc) is 2.44. The largest absolute Gasteiger partial charge is 0.477 e. The van der Waals surface area contributed by atoms with E-state index in [1.807, 2.05) is 0 Å². The normalized spacial score (nSPS) is 25.0. The molecule has 1 saturated heterocycles. The van der Waals surface area contributed by atoms with E-state index in [0.717, 1.165) is 4.90 Å². The van der Waals surface area contributed by atoms with Crippen LogP contribution in [-0.2, 0) is 19.4 Å². The molecule has 0 spiro atoms. The van der Waals surface area contributed by atoms with Crippen LogP contribution in [0.3, 0.4) is 0 Å². The number of aromatic nitrogens is 1. The molecule has 7 nitrogen and oxygen atoms in total. The van der Waals surface area contributed by atoms with Crippen LogP contribution >= 0.6 is 0 Å². The van der Waals surface area contributed by atoms with Crippen molar-refractivity contribution in [3.8, 4) is 0 Å². The minimum atomic E-state index is -3.65. The Morgan fingerprint density at radius 3 is 2.77 bits per heavy atom. The highest BCUT2D eigenvalue weighted by atomic mass is 32.2. The summed E-state index contributed by atoms with van der Waals surface area (Å²) in [4.78, 5) is 28.4. The molecule has 1 N–H and O–H groups in total. The Labute approximate surface area is 126 Å². The molecule has 2 aliphatic heterocycles. The molecule has 3 heterocycles. The van der Waals surface area contributed by atoms with Gasteiger partial charge in [-0.1, -0.05) is 6.07 Å². The number of fused-ring (bicyclic) bond motifs is 1. The van der Waals surface area contributed by atoms with Gasteiger partial charge in [0.25, 0.3) is 5.91 Å². The van der Waals surface area contributed by atoms with E-state index in [-0.39, 0.29) is 22.6 Å². The van der Waals surface area contributed by atoms with E-state index in [2.05, 4.69) is 4.98 Å². The van der Waals surface area contributed by atoms with Gasteiger partial charge in [0.1, 0.15) is 5.70 Å². The average molecular weight is 320 g/mol. The highest BCUT2D eigenvalue weighted by Crippen LogP contribution is 2.40. The van der Waals surface area contributed by atoms with Crippen LogP contribution in [0.4, 0.5) is 0 Å². The fraction of sp³-hybridized carbons (Fsp3) is 0.214. The molecule has 1 aromatic heterocycles. The Bertz CT molecular complexity index is 839. The third kappa shape index (κ3) is 2.03. The number of carbonyl (C=O) groups excluding carboxylic acids is 1. The molecule has 0 saturated carbocycles. The van der Waals surface area contributed by atoms with Gasteiger partial charge in [-0.3, -0.25) is 14.7 Å². The van der Waals surface area contributed by atoms with Crippen molar-refractivity contribution in [3.05, 3.63) is 46.9 Å². The number of hydrogen-bond acceptors (Lipinski definition) is 5. The molecule has 0 aromatic carbocycles. The molecule has 114 valence electrons. The molecular weight excluding hydrogens is 308 g/mol. The lowest BCUT2D eigenvalue weighted by Crippen LogP contribution is -2.62. The maximum Gasteiger partial charge on any atom is 0.352 e. The van der Waals surface area contributed by atoms with E-state index in [0.29, 0.717) is 5.69 Å². The number of aliphatic carboxylic acids is 1. The van der Waals surface area contributed by atoms with Crippen LogP contribution in [0.25, 0.3) is 6.08 Å². The van der Waals surface area contributed by atoms with Crippen molar-refractivity contribution >= 4 is 27.8 Å². The summed E-state index contributed by atoms with van der Waals surface area (Å²) in [6, 6.07) is 5.04. The number of nitrogens with zero attached hydrogens (tertiary/aromatic N) is 2. The zero-order valence-electron chi connectivity index (χ0n) is 11.6. The number of carboxylic acid groups (broad SMARTS) is 1. The Morgan fingerprint density at radius 1 is 1.45 bits per heavy atom. The zero-order valence-corrected chi connectivity index (χ0v) is 12.4. The molecular formula is C14H12N2O5S. The second-order valence-corrected chi connectivity index (χ2v) is 7.18. The first-order valence-corrected chi connectivity index (χ1v) is 8.15. The van der Waals surface area contributed by atoms with Gasteiger partial charge in [0.2, 0.25) is 0 Å². The monoisotopic (exact) mass is 320 g/mol. The maximum atomic E-state index is 12.3. The molecule has 8 heteroatoms. The molecule has 1 atom stereocenters. The second-order valence-electron chi connectivity index (χ2n) is 5.12. The Hall–Kier alpha value is -2.48. The summed E-state index contributed by atoms with van der Waals surface area (Å²) in [6.07, 6.45) is 2.91. The van der Waals surface area contributed by atoms with E-state index < -0.39 is 27.1 Å². The summed E-state index contributed by atoms with van der Waals surface area (Å²) in [5, 5.41) is 7.98. The highest BCUT2D eigenvalue weighted by molar-refractivity contribution is 7.92. The maximum absolute atomic E-state index is 12.3. The van der Waals surface area contributed by atoms with E-state index in [1.54, 1.807) is 18.2 Å². The smallest absolute Gasteiger partial charge is 0.352 e. The lowest BCUT2D eigenvalue weighted by Gasteiger charge is -2.45. The molecule has 0 bridgehead atoms. The van der Waals surface area contributed by atoms with Crippen molar-refractivity contribution in [1.82, 2.24) is 9.88 Å². The van der Waals surface area contributed by atoms with E-state index >= 15 is 0 Å². The van der Waals surface area contributed by atoms with Crippen LogP contribution in [0.2, 0.25) is 0 Å². The molecule has 0 aliphatic carbocycles. The van der Waals surface area contributed by atoms with Crippen molar-refractivity contribution in [2.24, 2.45) is 0 Å². The van der Waals surface area contributed by atoms with E-state index in [1.165, 1.54) is 19.2 Å². The van der Waals surface area contributed by atoms with Crippen LogP contribution in [0, 0.1) is 0 Å². The minimum Gasteiger partial charge on any atom is -0.477 e. The van der Waals surface area contributed by atoms with Gasteiger partial charge in [-0.05, 0) is 30.7 Å². The zero-order chi connectivity index (χ0) is 16.1. The number of carboxylic acids is 1. The first kappa shape index (κ1) is 14.5. The quantitative estimate of drug-likeness (QED) is 0.625. The van der Waals surface area contributed by atoms with Gasteiger partial charge < -0.3 is 5.11 Å². The first-order chi connectivity index (χ1) is 10.3. The third-order valence-electron chi connectivity index (χ3n) is 3.56. The van der Waals surface area contributed by atoms with E-state index in [4.69, 9.17) is 0 Å². The molecule has 1 amide bonds. The number of hydrogen-bond donors (Lipinski definition) is 1. The van der Waals surface area contributed by atoms with Crippen molar-refractivity contribution in [2.75, 3.05) is 5.75 Å². The fourth-order valence-electron chi connectivity index (χ4n) is 2.69. The van der Waals surface area contributed by atoms with Crippen LogP contribution < -0.4 is 0 Å². The van der Waals surface area contributed by atoms with Crippen molar-refractivity contribution in [3.63, 3.8) is 0 Å². The van der Waals surface area contributed by atoms with Gasteiger partial charge in [-0.15, -0.1) is 0 Å². The number of amides is 1. The Kier molecular flexibility index (Phi) is 3.13. The number of carbonyl (C=O) groups is 2. The molecule has 1 unspecified atom stereocenters. The van der Waals surface area contributed by atoms with Gasteiger partial charge in [-0.25, -0.2) is 13.2 Å². The molecule has 1 fully saturated rings. The van der Waals surface area contributed by atoms with Crippen LogP contribution in [0.15, 0.2) is 41.2 Å². The van der Waals surface area contributed by atoms with Gasteiger partial charge in [0, 0.05) is 6.20 Å². The van der Waals surface area contributed by atoms with Crippen LogP contribution in [-0.4, -0.2) is 46.4 Å². The van der Waals surface area contributed by atoms with Gasteiger partial charge in [0.15, 0.2) is 15.2 Å². The Balaban J connectivity index is 2.10. The number of sulfone groups is 1. The Morgan fingerprint density at radius 2 is 2.18 bits per heavy atom. The van der Waals surface area contributed by atoms with Crippen molar-refractivity contribution < 1.29 is 23.1 Å². The fourth-order valence-corrected chi connectivity index (χ4v) is 4.67. The predicted molar refractivity (Wildman–Crippen MR) is 77.0 cm³/mol. The molecule has 0 radical (unpaired) electrons. The van der Waals surface area contributed by atoms with Crippen LogP contribution in [0.5, 0.6) is 0 Å². The summed E-state index contributed by atoms with van der Waals surface area (Å²) in [5.41, 5.74) is 0.408. The van der Waals surface area contributed by atoms with Crippen LogP contribution in [0.1, 0.15) is 12.6 Å². The number of β-lactam (4-membered cyclic amide) rings is 1.